The van der Waals surface area contributed by atoms with Crippen LogP contribution in [0.4, 0.5) is 0 Å². The van der Waals surface area contributed by atoms with E-state index in [9.17, 15) is 4.79 Å². The highest BCUT2D eigenvalue weighted by molar-refractivity contribution is 5.80. The summed E-state index contributed by atoms with van der Waals surface area (Å²) in [5, 5.41) is 2.73. The fourth-order valence-electron chi connectivity index (χ4n) is 0.857. The Labute approximate surface area is 63.0 Å². The molecular weight excluding hydrogens is 126 g/mol. The Kier molecular flexibility index (Phi) is 4.99. The smallest absolute Gasteiger partial charge is 0.220 e. The maximum absolute atomic E-state index is 10.4. The minimum atomic E-state index is -0.177. The Balaban J connectivity index is 3.25. The Morgan fingerprint density at radius 1 is 1.70 bits per heavy atom. The Morgan fingerprint density at radius 2 is 2.30 bits per heavy atom. The van der Waals surface area contributed by atoms with Gasteiger partial charge in [0.15, 0.2) is 0 Å². The molecule has 1 N–H and O–H groups in total. The van der Waals surface area contributed by atoms with Gasteiger partial charge in [0.1, 0.15) is 0 Å². The van der Waals surface area contributed by atoms with Crippen molar-refractivity contribution in [2.45, 2.75) is 39.2 Å². The second kappa shape index (κ2) is 5.27. The Morgan fingerprint density at radius 3 is 2.70 bits per heavy atom. The van der Waals surface area contributed by atoms with E-state index in [-0.39, 0.29) is 11.9 Å². The van der Waals surface area contributed by atoms with E-state index in [0.29, 0.717) is 0 Å². The maximum Gasteiger partial charge on any atom is 0.220 e. The molecule has 1 amide bonds. The van der Waals surface area contributed by atoms with E-state index in [1.54, 1.807) is 0 Å². The van der Waals surface area contributed by atoms with Crippen molar-refractivity contribution in [3.8, 4) is 0 Å². The summed E-state index contributed by atoms with van der Waals surface area (Å²) in [5.41, 5.74) is 0. The van der Waals surface area contributed by atoms with Crippen molar-refractivity contribution in [1.82, 2.24) is 5.32 Å². The van der Waals surface area contributed by atoms with Crippen molar-refractivity contribution in [3.63, 3.8) is 0 Å². The van der Waals surface area contributed by atoms with Crippen LogP contribution in [-0.2, 0) is 4.79 Å². The van der Waals surface area contributed by atoms with Crippen molar-refractivity contribution in [2.75, 3.05) is 0 Å². The van der Waals surface area contributed by atoms with Crippen LogP contribution in [0.2, 0.25) is 0 Å². The summed E-state index contributed by atoms with van der Waals surface area (Å²) < 4.78 is 0. The molecule has 0 aliphatic heterocycles. The second-order valence-electron chi connectivity index (χ2n) is 2.61. The molecule has 2 heteroatoms. The summed E-state index contributed by atoms with van der Waals surface area (Å²) >= 11 is 0. The molecule has 0 bridgehead atoms. The molecule has 0 fully saturated rings. The van der Waals surface area contributed by atoms with Crippen molar-refractivity contribution in [3.05, 3.63) is 6.92 Å². The fourth-order valence-corrected chi connectivity index (χ4v) is 0.857. The first-order valence-electron chi connectivity index (χ1n) is 3.79. The molecule has 0 aromatic heterocycles. The average Bonchev–Trinajstić information content (AvgIpc) is 1.82. The summed E-state index contributed by atoms with van der Waals surface area (Å²) in [6, 6.07) is 0.282. The van der Waals surface area contributed by atoms with Crippen LogP contribution in [0.5, 0.6) is 0 Å². The molecular formula is C8H16NO. The molecule has 0 aromatic rings. The molecule has 0 saturated heterocycles. The number of amides is 1. The van der Waals surface area contributed by atoms with Gasteiger partial charge in [-0.05, 0) is 13.3 Å². The molecule has 0 aliphatic carbocycles. The molecule has 0 heterocycles. The Hall–Kier alpha value is -0.530. The molecule has 1 unspecified atom stereocenters. The highest BCUT2D eigenvalue weighted by Gasteiger charge is 2.00. The van der Waals surface area contributed by atoms with Gasteiger partial charge in [0.25, 0.3) is 0 Å². The van der Waals surface area contributed by atoms with Crippen LogP contribution in [0.1, 0.15) is 33.1 Å². The summed E-state index contributed by atoms with van der Waals surface area (Å²) in [6.07, 6.45) is 3.40. The third kappa shape index (κ3) is 5.60. The Bertz CT molecular complexity index is 101. The predicted molar refractivity (Wildman–Crippen MR) is 42.5 cm³/mol. The zero-order valence-corrected chi connectivity index (χ0v) is 6.81. The molecule has 1 radical (unpaired) electrons. The van der Waals surface area contributed by atoms with Crippen molar-refractivity contribution in [2.24, 2.45) is 0 Å². The average molecular weight is 142 g/mol. The minimum Gasteiger partial charge on any atom is -0.354 e. The predicted octanol–water partition coefficient (Wildman–Crippen LogP) is 1.52. The van der Waals surface area contributed by atoms with E-state index < -0.39 is 0 Å². The van der Waals surface area contributed by atoms with Gasteiger partial charge in [0.2, 0.25) is 5.91 Å². The number of carbonyl (C=O) groups is 1. The van der Waals surface area contributed by atoms with E-state index >= 15 is 0 Å². The van der Waals surface area contributed by atoms with Crippen LogP contribution in [0, 0.1) is 6.92 Å². The summed E-state index contributed by atoms with van der Waals surface area (Å²) in [4.78, 5) is 10.4. The van der Waals surface area contributed by atoms with Crippen LogP contribution < -0.4 is 5.32 Å². The highest BCUT2D eigenvalue weighted by atomic mass is 16.1. The summed E-state index contributed by atoms with van der Waals surface area (Å²) in [7, 11) is 0. The number of hydrogen-bond donors (Lipinski definition) is 1. The maximum atomic E-state index is 10.4. The van der Waals surface area contributed by atoms with E-state index in [0.717, 1.165) is 6.42 Å². The molecule has 0 aromatic carbocycles. The van der Waals surface area contributed by atoms with E-state index in [1.165, 1.54) is 12.8 Å². The lowest BCUT2D eigenvalue weighted by Gasteiger charge is -2.10. The van der Waals surface area contributed by atoms with Gasteiger partial charge in [0.05, 0.1) is 0 Å². The highest BCUT2D eigenvalue weighted by Crippen LogP contribution is 1.98. The molecule has 1 atom stereocenters. The van der Waals surface area contributed by atoms with Crippen LogP contribution in [0.15, 0.2) is 0 Å². The lowest BCUT2D eigenvalue weighted by molar-refractivity contribution is -0.117. The second-order valence-corrected chi connectivity index (χ2v) is 2.61. The zero-order chi connectivity index (χ0) is 7.98. The molecule has 2 nitrogen and oxygen atoms in total. The first-order valence-corrected chi connectivity index (χ1v) is 3.79. The fraction of sp³-hybridized carbons (Fsp3) is 0.750. The van der Waals surface area contributed by atoms with Crippen LogP contribution in [0.25, 0.3) is 0 Å². The molecule has 0 rings (SSSR count). The van der Waals surface area contributed by atoms with E-state index in [2.05, 4.69) is 19.2 Å². The van der Waals surface area contributed by atoms with Crippen molar-refractivity contribution < 1.29 is 4.79 Å². The minimum absolute atomic E-state index is 0.177. The van der Waals surface area contributed by atoms with Crippen LogP contribution >= 0.6 is 0 Å². The number of hydrogen-bond acceptors (Lipinski definition) is 1. The quantitative estimate of drug-likeness (QED) is 0.633. The third-order valence-corrected chi connectivity index (χ3v) is 1.40. The topological polar surface area (TPSA) is 29.1 Å². The van der Waals surface area contributed by atoms with Gasteiger partial charge in [-0.15, -0.1) is 0 Å². The molecule has 0 spiro atoms. The monoisotopic (exact) mass is 142 g/mol. The number of unbranched alkanes of at least 4 members (excludes halogenated alkanes) is 1. The zero-order valence-electron chi connectivity index (χ0n) is 6.81. The molecule has 10 heavy (non-hydrogen) atoms. The van der Waals surface area contributed by atoms with Crippen LogP contribution in [-0.4, -0.2) is 11.9 Å². The lowest BCUT2D eigenvalue weighted by Crippen LogP contribution is -2.30. The first-order chi connectivity index (χ1) is 4.66. The lowest BCUT2D eigenvalue weighted by atomic mass is 10.1. The van der Waals surface area contributed by atoms with Crippen molar-refractivity contribution >= 4 is 5.91 Å². The third-order valence-electron chi connectivity index (χ3n) is 1.40. The molecule has 0 aliphatic rings. The van der Waals surface area contributed by atoms with Gasteiger partial charge in [-0.3, -0.25) is 4.79 Å². The SMILES string of the molecule is [CH2]C(=O)NC(C)CCCC. The van der Waals surface area contributed by atoms with E-state index in [4.69, 9.17) is 0 Å². The summed E-state index contributed by atoms with van der Waals surface area (Å²) in [5.74, 6) is -0.177. The van der Waals surface area contributed by atoms with Gasteiger partial charge in [-0.25, -0.2) is 0 Å². The number of carbonyl (C=O) groups excluding carboxylic acids is 1. The van der Waals surface area contributed by atoms with E-state index in [1.807, 2.05) is 6.92 Å². The van der Waals surface area contributed by atoms with Crippen LogP contribution in [0.3, 0.4) is 0 Å². The number of nitrogens with one attached hydrogen (secondary N) is 1. The van der Waals surface area contributed by atoms with Gasteiger partial charge >= 0.3 is 0 Å². The first kappa shape index (κ1) is 9.47. The van der Waals surface area contributed by atoms with Gasteiger partial charge in [-0.1, -0.05) is 19.8 Å². The summed E-state index contributed by atoms with van der Waals surface area (Å²) in [6.45, 7) is 7.37. The van der Waals surface area contributed by atoms with Gasteiger partial charge in [-0.2, -0.15) is 0 Å². The molecule has 0 saturated carbocycles. The normalized spacial score (nSPS) is 12.7. The molecule has 59 valence electrons. The van der Waals surface area contributed by atoms with Gasteiger partial charge < -0.3 is 5.32 Å². The number of rotatable bonds is 4. The van der Waals surface area contributed by atoms with Crippen molar-refractivity contribution in [1.29, 1.82) is 0 Å². The van der Waals surface area contributed by atoms with Gasteiger partial charge in [0, 0.05) is 13.0 Å². The largest absolute Gasteiger partial charge is 0.354 e. The standard InChI is InChI=1S/C8H16NO/c1-4-5-6-7(2)9-8(3)10/h7H,3-6H2,1-2H3,(H,9,10).